The minimum absolute atomic E-state index is 0.0710. The number of carbonyl (C=O) groups is 1. The van der Waals surface area contributed by atoms with E-state index in [9.17, 15) is 9.59 Å². The molecule has 2 aromatic rings. The molecule has 78 valence electrons. The first-order chi connectivity index (χ1) is 7.00. The maximum Gasteiger partial charge on any atom is 0.309 e. The number of nitrogen functional groups attached to an aromatic ring is 1. The molecule has 2 heterocycles. The van der Waals surface area contributed by atoms with E-state index in [1.54, 1.807) is 0 Å². The molecule has 15 heavy (non-hydrogen) atoms. The molecular weight excluding hydrogens is 202 g/mol. The number of rotatable bonds is 2. The maximum absolute atomic E-state index is 11.3. The van der Waals surface area contributed by atoms with Crippen LogP contribution >= 0.6 is 0 Å². The smallest absolute Gasteiger partial charge is 0.309 e. The van der Waals surface area contributed by atoms with E-state index < -0.39 is 11.5 Å². The Bertz CT molecular complexity index is 640. The largest absolute Gasteiger partial charge is 0.481 e. The van der Waals surface area contributed by atoms with Gasteiger partial charge in [-0.3, -0.25) is 15.0 Å². The summed E-state index contributed by atoms with van der Waals surface area (Å²) in [6.07, 6.45) is -0.342. The van der Waals surface area contributed by atoms with Crippen LogP contribution in [0, 0.1) is 5.41 Å². The van der Waals surface area contributed by atoms with Crippen LogP contribution in [0.1, 0.15) is 5.69 Å². The minimum atomic E-state index is -1.08. The molecule has 8 nitrogen and oxygen atoms in total. The Morgan fingerprint density at radius 1 is 1.60 bits per heavy atom. The van der Waals surface area contributed by atoms with Gasteiger partial charge in [-0.15, -0.1) is 0 Å². The number of fused-ring (bicyclic) bond motifs is 1. The van der Waals surface area contributed by atoms with Gasteiger partial charge >= 0.3 is 5.97 Å². The van der Waals surface area contributed by atoms with Crippen LogP contribution in [0.15, 0.2) is 10.9 Å². The molecule has 0 amide bonds. The van der Waals surface area contributed by atoms with Crippen LogP contribution in [-0.4, -0.2) is 25.1 Å². The SMILES string of the molecule is N=c1nc(N)n2c(CC(=O)O)cc(=O)n12. The summed E-state index contributed by atoms with van der Waals surface area (Å²) in [5.74, 6) is -1.15. The molecule has 0 saturated heterocycles. The lowest BCUT2D eigenvalue weighted by molar-refractivity contribution is -0.136. The van der Waals surface area contributed by atoms with Crippen LogP contribution in [0.2, 0.25) is 0 Å². The van der Waals surface area contributed by atoms with Crippen LogP contribution in [0.4, 0.5) is 5.95 Å². The molecular formula is C7H7N5O3. The normalized spacial score (nSPS) is 10.9. The van der Waals surface area contributed by atoms with Crippen molar-refractivity contribution in [3.8, 4) is 0 Å². The molecule has 2 rings (SSSR count). The Labute approximate surface area is 82.0 Å². The Kier molecular flexibility index (Phi) is 1.72. The maximum atomic E-state index is 11.3. The van der Waals surface area contributed by atoms with Crippen molar-refractivity contribution in [3.05, 3.63) is 27.7 Å². The number of hydrogen-bond donors (Lipinski definition) is 3. The molecule has 0 radical (unpaired) electrons. The van der Waals surface area contributed by atoms with Gasteiger partial charge in [-0.2, -0.15) is 9.50 Å². The molecule has 0 aliphatic heterocycles. The average Bonchev–Trinajstić information content (AvgIpc) is 2.54. The van der Waals surface area contributed by atoms with Crippen LogP contribution in [0.5, 0.6) is 0 Å². The molecule has 0 bridgehead atoms. The number of nitrogens with two attached hydrogens (primary N) is 1. The van der Waals surface area contributed by atoms with E-state index >= 15 is 0 Å². The van der Waals surface area contributed by atoms with Gasteiger partial charge in [0, 0.05) is 6.07 Å². The van der Waals surface area contributed by atoms with Crippen LogP contribution < -0.4 is 16.9 Å². The van der Waals surface area contributed by atoms with Crippen molar-refractivity contribution in [2.75, 3.05) is 5.73 Å². The minimum Gasteiger partial charge on any atom is -0.481 e. The number of nitrogens with one attached hydrogen (secondary N) is 1. The summed E-state index contributed by atoms with van der Waals surface area (Å²) in [4.78, 5) is 25.4. The fraction of sp³-hybridized carbons (Fsp3) is 0.143. The molecule has 0 aromatic carbocycles. The van der Waals surface area contributed by atoms with E-state index in [-0.39, 0.29) is 23.7 Å². The van der Waals surface area contributed by atoms with Gasteiger partial charge in [0.25, 0.3) is 5.56 Å². The number of aromatic nitrogens is 3. The molecule has 4 N–H and O–H groups in total. The predicted octanol–water partition coefficient (Wildman–Crippen LogP) is -2.08. The summed E-state index contributed by atoms with van der Waals surface area (Å²) in [6.45, 7) is 0. The van der Waals surface area contributed by atoms with E-state index in [2.05, 4.69) is 4.98 Å². The summed E-state index contributed by atoms with van der Waals surface area (Å²) in [5.41, 5.74) is 4.83. The molecule has 0 unspecified atom stereocenters. The van der Waals surface area contributed by atoms with E-state index in [1.165, 1.54) is 0 Å². The van der Waals surface area contributed by atoms with Gasteiger partial charge in [-0.1, -0.05) is 0 Å². The van der Waals surface area contributed by atoms with Gasteiger partial charge in [-0.05, 0) is 0 Å². The molecule has 0 aliphatic rings. The van der Waals surface area contributed by atoms with Crippen molar-refractivity contribution in [3.63, 3.8) is 0 Å². The second-order valence-electron chi connectivity index (χ2n) is 2.96. The lowest BCUT2D eigenvalue weighted by Crippen LogP contribution is -2.22. The zero-order valence-corrected chi connectivity index (χ0v) is 7.47. The van der Waals surface area contributed by atoms with Gasteiger partial charge in [0.2, 0.25) is 11.6 Å². The van der Waals surface area contributed by atoms with Crippen molar-refractivity contribution in [2.45, 2.75) is 6.42 Å². The number of hydrogen-bond acceptors (Lipinski definition) is 5. The first-order valence-electron chi connectivity index (χ1n) is 4.00. The summed E-state index contributed by atoms with van der Waals surface area (Å²) >= 11 is 0. The van der Waals surface area contributed by atoms with E-state index in [0.29, 0.717) is 0 Å². The molecule has 0 atom stereocenters. The molecule has 0 saturated carbocycles. The topological polar surface area (TPSA) is 126 Å². The Balaban J connectivity index is 2.82. The summed E-state index contributed by atoms with van der Waals surface area (Å²) in [6, 6.07) is 1.13. The molecule has 0 spiro atoms. The lowest BCUT2D eigenvalue weighted by Gasteiger charge is -1.95. The Morgan fingerprint density at radius 3 is 2.87 bits per heavy atom. The zero-order valence-electron chi connectivity index (χ0n) is 7.47. The van der Waals surface area contributed by atoms with E-state index in [1.807, 2.05) is 0 Å². The fourth-order valence-electron chi connectivity index (χ4n) is 1.42. The highest BCUT2D eigenvalue weighted by Crippen LogP contribution is 2.01. The molecule has 0 fully saturated rings. The van der Waals surface area contributed by atoms with Crippen molar-refractivity contribution in [2.24, 2.45) is 0 Å². The van der Waals surface area contributed by atoms with Gasteiger partial charge in [-0.25, -0.2) is 4.52 Å². The average molecular weight is 209 g/mol. The highest BCUT2D eigenvalue weighted by molar-refractivity contribution is 5.69. The lowest BCUT2D eigenvalue weighted by atomic mass is 10.3. The van der Waals surface area contributed by atoms with Crippen LogP contribution in [0.3, 0.4) is 0 Å². The summed E-state index contributed by atoms with van der Waals surface area (Å²) < 4.78 is 2.03. The van der Waals surface area contributed by atoms with Gasteiger partial charge in [0.05, 0.1) is 12.1 Å². The highest BCUT2D eigenvalue weighted by Gasteiger charge is 2.14. The molecule has 2 aromatic heterocycles. The van der Waals surface area contributed by atoms with Gasteiger partial charge in [0.15, 0.2) is 0 Å². The Hall–Kier alpha value is -2.38. The quantitative estimate of drug-likeness (QED) is 0.523. The van der Waals surface area contributed by atoms with Crippen molar-refractivity contribution < 1.29 is 9.90 Å². The van der Waals surface area contributed by atoms with Gasteiger partial charge < -0.3 is 10.8 Å². The van der Waals surface area contributed by atoms with E-state index in [4.69, 9.17) is 16.2 Å². The van der Waals surface area contributed by atoms with Crippen molar-refractivity contribution >= 4 is 11.9 Å². The third kappa shape index (κ3) is 1.23. The fourth-order valence-corrected chi connectivity index (χ4v) is 1.42. The number of anilines is 1. The number of carboxylic acid groups (broad SMARTS) is 1. The first-order valence-corrected chi connectivity index (χ1v) is 4.00. The van der Waals surface area contributed by atoms with Crippen LogP contribution in [-0.2, 0) is 11.2 Å². The van der Waals surface area contributed by atoms with E-state index in [0.717, 1.165) is 15.1 Å². The molecule has 8 heteroatoms. The second kappa shape index (κ2) is 2.80. The Morgan fingerprint density at radius 2 is 2.27 bits per heavy atom. The highest BCUT2D eigenvalue weighted by atomic mass is 16.4. The van der Waals surface area contributed by atoms with Gasteiger partial charge in [0.1, 0.15) is 0 Å². The second-order valence-corrected chi connectivity index (χ2v) is 2.96. The monoisotopic (exact) mass is 209 g/mol. The first kappa shape index (κ1) is 9.19. The van der Waals surface area contributed by atoms with Crippen molar-refractivity contribution in [1.29, 1.82) is 5.41 Å². The van der Waals surface area contributed by atoms with Crippen molar-refractivity contribution in [1.82, 2.24) is 14.0 Å². The number of nitrogens with zero attached hydrogens (tertiary/aromatic N) is 3. The third-order valence-electron chi connectivity index (χ3n) is 1.94. The zero-order chi connectivity index (χ0) is 11.2. The predicted molar refractivity (Wildman–Crippen MR) is 47.7 cm³/mol. The number of carboxylic acids is 1. The molecule has 0 aliphatic carbocycles. The third-order valence-corrected chi connectivity index (χ3v) is 1.94. The summed E-state index contributed by atoms with van der Waals surface area (Å²) in [7, 11) is 0. The summed E-state index contributed by atoms with van der Waals surface area (Å²) in [5, 5.41) is 15.9. The van der Waals surface area contributed by atoms with Crippen LogP contribution in [0.25, 0.3) is 0 Å². The standard InChI is InChI=1S/C7H7N5O3/c8-6-10-7(9)12-4(13)1-3(11(6)12)2-5(14)15/h1H,2H2,(H,14,15)(H3,8,9,10). The number of aliphatic carboxylic acids is 1.